The molecule has 0 atom stereocenters. The van der Waals surface area contributed by atoms with E-state index in [1.807, 2.05) is 17.9 Å². The van der Waals surface area contributed by atoms with Gasteiger partial charge in [0.2, 0.25) is 0 Å². The van der Waals surface area contributed by atoms with Crippen molar-refractivity contribution in [1.82, 2.24) is 20.4 Å². The monoisotopic (exact) mass is 221 g/mol. The molecule has 0 spiro atoms. The van der Waals surface area contributed by atoms with E-state index in [9.17, 15) is 0 Å². The van der Waals surface area contributed by atoms with Crippen molar-refractivity contribution >= 4 is 5.96 Å². The Morgan fingerprint density at radius 2 is 2.38 bits per heavy atom. The van der Waals surface area contributed by atoms with Gasteiger partial charge in [0.1, 0.15) is 0 Å². The number of nitrogens with one attached hydrogen (secondary N) is 2. The fourth-order valence-corrected chi connectivity index (χ4v) is 1.51. The standard InChI is InChI=1S/C11H19N5/c1-8-9(7-14-16(8)3)6-13-11(12-2)15-10-4-5-10/h7,10H,4-6H2,1-3H3,(H2,12,13,15). The molecule has 2 rings (SSSR count). The fraction of sp³-hybridized carbons (Fsp3) is 0.636. The van der Waals surface area contributed by atoms with Gasteiger partial charge in [-0.05, 0) is 19.8 Å². The van der Waals surface area contributed by atoms with Gasteiger partial charge in [-0.3, -0.25) is 9.67 Å². The van der Waals surface area contributed by atoms with Crippen molar-refractivity contribution in [3.63, 3.8) is 0 Å². The van der Waals surface area contributed by atoms with Gasteiger partial charge in [0.25, 0.3) is 0 Å². The molecule has 0 radical (unpaired) electrons. The van der Waals surface area contributed by atoms with Crippen LogP contribution < -0.4 is 10.6 Å². The average Bonchev–Trinajstić information content (AvgIpc) is 3.04. The number of hydrogen-bond donors (Lipinski definition) is 2. The van der Waals surface area contributed by atoms with Gasteiger partial charge in [-0.25, -0.2) is 0 Å². The van der Waals surface area contributed by atoms with Crippen LogP contribution in [0.3, 0.4) is 0 Å². The lowest BCUT2D eigenvalue weighted by Crippen LogP contribution is -2.38. The molecule has 1 aliphatic carbocycles. The van der Waals surface area contributed by atoms with Gasteiger partial charge in [-0.15, -0.1) is 0 Å². The maximum Gasteiger partial charge on any atom is 0.191 e. The SMILES string of the molecule is CN=C(NCc1cnn(C)c1C)NC1CC1. The van der Waals surface area contributed by atoms with Crippen molar-refractivity contribution in [2.24, 2.45) is 12.0 Å². The minimum atomic E-state index is 0.626. The third-order valence-corrected chi connectivity index (χ3v) is 2.92. The van der Waals surface area contributed by atoms with Crippen LogP contribution in [-0.2, 0) is 13.6 Å². The van der Waals surface area contributed by atoms with E-state index in [2.05, 4.69) is 27.6 Å². The first-order valence-corrected chi connectivity index (χ1v) is 5.65. The number of nitrogens with zero attached hydrogens (tertiary/aromatic N) is 3. The Bertz CT molecular complexity index is 389. The maximum atomic E-state index is 4.21. The summed E-state index contributed by atoms with van der Waals surface area (Å²) in [6.45, 7) is 2.84. The summed E-state index contributed by atoms with van der Waals surface area (Å²) in [6.07, 6.45) is 4.41. The van der Waals surface area contributed by atoms with Crippen LogP contribution in [0.5, 0.6) is 0 Å². The normalized spacial score (nSPS) is 16.3. The highest BCUT2D eigenvalue weighted by atomic mass is 15.3. The highest BCUT2D eigenvalue weighted by molar-refractivity contribution is 5.80. The van der Waals surface area contributed by atoms with Crippen molar-refractivity contribution in [3.05, 3.63) is 17.5 Å². The first-order chi connectivity index (χ1) is 7.70. The molecule has 0 bridgehead atoms. The Hall–Kier alpha value is -1.52. The topological polar surface area (TPSA) is 54.2 Å². The number of aliphatic imine (C=N–C) groups is 1. The number of guanidine groups is 1. The van der Waals surface area contributed by atoms with Crippen LogP contribution in [-0.4, -0.2) is 28.8 Å². The van der Waals surface area contributed by atoms with Crippen LogP contribution in [0.4, 0.5) is 0 Å². The third kappa shape index (κ3) is 2.53. The number of aryl methyl sites for hydroxylation is 1. The predicted molar refractivity (Wildman–Crippen MR) is 64.3 cm³/mol. The second kappa shape index (κ2) is 4.55. The lowest BCUT2D eigenvalue weighted by Gasteiger charge is -2.10. The molecule has 2 N–H and O–H groups in total. The predicted octanol–water partition coefficient (Wildman–Crippen LogP) is 0.556. The molecule has 1 aliphatic rings. The third-order valence-electron chi connectivity index (χ3n) is 2.92. The van der Waals surface area contributed by atoms with E-state index in [0.29, 0.717) is 6.04 Å². The number of hydrogen-bond acceptors (Lipinski definition) is 2. The minimum Gasteiger partial charge on any atom is -0.354 e. The molecule has 16 heavy (non-hydrogen) atoms. The molecule has 1 saturated carbocycles. The molecular formula is C11H19N5. The smallest absolute Gasteiger partial charge is 0.191 e. The molecule has 1 aromatic rings. The van der Waals surface area contributed by atoms with E-state index in [0.717, 1.165) is 12.5 Å². The van der Waals surface area contributed by atoms with Gasteiger partial charge in [0.05, 0.1) is 6.20 Å². The van der Waals surface area contributed by atoms with E-state index in [-0.39, 0.29) is 0 Å². The van der Waals surface area contributed by atoms with Gasteiger partial charge in [-0.1, -0.05) is 0 Å². The minimum absolute atomic E-state index is 0.626. The zero-order valence-corrected chi connectivity index (χ0v) is 10.1. The summed E-state index contributed by atoms with van der Waals surface area (Å²) in [5.41, 5.74) is 2.40. The Morgan fingerprint density at radius 1 is 1.62 bits per heavy atom. The van der Waals surface area contributed by atoms with Crippen LogP contribution in [0.2, 0.25) is 0 Å². The van der Waals surface area contributed by atoms with E-state index >= 15 is 0 Å². The van der Waals surface area contributed by atoms with E-state index in [1.165, 1.54) is 24.1 Å². The Kier molecular flexibility index (Phi) is 3.12. The highest BCUT2D eigenvalue weighted by Crippen LogP contribution is 2.18. The van der Waals surface area contributed by atoms with Gasteiger partial charge in [0, 0.05) is 37.9 Å². The summed E-state index contributed by atoms with van der Waals surface area (Å²) in [4.78, 5) is 4.19. The Labute approximate surface area is 95.9 Å². The van der Waals surface area contributed by atoms with Crippen molar-refractivity contribution in [3.8, 4) is 0 Å². The molecule has 0 amide bonds. The summed E-state index contributed by atoms with van der Waals surface area (Å²) in [7, 11) is 3.75. The highest BCUT2D eigenvalue weighted by Gasteiger charge is 2.22. The lowest BCUT2D eigenvalue weighted by molar-refractivity contribution is 0.734. The molecular weight excluding hydrogens is 202 g/mol. The zero-order valence-electron chi connectivity index (χ0n) is 10.1. The first-order valence-electron chi connectivity index (χ1n) is 5.65. The summed E-state index contributed by atoms with van der Waals surface area (Å²) in [5, 5.41) is 10.9. The summed E-state index contributed by atoms with van der Waals surface area (Å²) < 4.78 is 1.88. The molecule has 0 unspecified atom stereocenters. The van der Waals surface area contributed by atoms with Gasteiger partial charge in [0.15, 0.2) is 5.96 Å². The second-order valence-electron chi connectivity index (χ2n) is 4.22. The fourth-order valence-electron chi connectivity index (χ4n) is 1.51. The Balaban J connectivity index is 1.87. The number of aromatic nitrogens is 2. The Morgan fingerprint density at radius 3 is 2.88 bits per heavy atom. The van der Waals surface area contributed by atoms with Crippen molar-refractivity contribution in [2.75, 3.05) is 7.05 Å². The molecule has 1 heterocycles. The second-order valence-corrected chi connectivity index (χ2v) is 4.22. The van der Waals surface area contributed by atoms with Crippen molar-refractivity contribution in [2.45, 2.75) is 32.4 Å². The number of rotatable bonds is 3. The molecule has 88 valence electrons. The lowest BCUT2D eigenvalue weighted by atomic mass is 10.2. The van der Waals surface area contributed by atoms with Crippen LogP contribution in [0.1, 0.15) is 24.1 Å². The molecule has 0 aromatic carbocycles. The van der Waals surface area contributed by atoms with Gasteiger partial charge in [-0.2, -0.15) is 5.10 Å². The molecule has 5 nitrogen and oxygen atoms in total. The molecule has 0 aliphatic heterocycles. The van der Waals surface area contributed by atoms with Gasteiger partial charge < -0.3 is 10.6 Å². The van der Waals surface area contributed by atoms with Crippen LogP contribution in [0.15, 0.2) is 11.2 Å². The van der Waals surface area contributed by atoms with E-state index < -0.39 is 0 Å². The van der Waals surface area contributed by atoms with E-state index in [1.54, 1.807) is 7.05 Å². The van der Waals surface area contributed by atoms with Crippen molar-refractivity contribution < 1.29 is 0 Å². The summed E-state index contributed by atoms with van der Waals surface area (Å²) >= 11 is 0. The van der Waals surface area contributed by atoms with Gasteiger partial charge >= 0.3 is 0 Å². The molecule has 1 aromatic heterocycles. The maximum absolute atomic E-state index is 4.21. The molecule has 5 heteroatoms. The van der Waals surface area contributed by atoms with Crippen LogP contribution in [0, 0.1) is 6.92 Å². The largest absolute Gasteiger partial charge is 0.354 e. The molecule has 0 saturated heterocycles. The zero-order chi connectivity index (χ0) is 11.5. The average molecular weight is 221 g/mol. The van der Waals surface area contributed by atoms with E-state index in [4.69, 9.17) is 0 Å². The van der Waals surface area contributed by atoms with Crippen LogP contribution in [0.25, 0.3) is 0 Å². The summed E-state index contributed by atoms with van der Waals surface area (Å²) in [5.74, 6) is 0.880. The summed E-state index contributed by atoms with van der Waals surface area (Å²) in [6, 6.07) is 0.626. The quantitative estimate of drug-likeness (QED) is 0.579. The van der Waals surface area contributed by atoms with Crippen LogP contribution >= 0.6 is 0 Å². The first kappa shape index (κ1) is 11.0. The van der Waals surface area contributed by atoms with Crippen molar-refractivity contribution in [1.29, 1.82) is 0 Å². The molecule has 1 fully saturated rings.